The molecule has 2 heterocycles. The molecule has 0 saturated carbocycles. The average molecular weight is 211 g/mol. The molecule has 86 valence electrons. The van der Waals surface area contributed by atoms with E-state index < -0.39 is 0 Å². The lowest BCUT2D eigenvalue weighted by molar-refractivity contribution is 0.154. The van der Waals surface area contributed by atoms with Gasteiger partial charge in [0.15, 0.2) is 0 Å². The van der Waals surface area contributed by atoms with Crippen LogP contribution in [0, 0.1) is 0 Å². The molecule has 2 rings (SSSR count). The van der Waals surface area contributed by atoms with Gasteiger partial charge in [0.1, 0.15) is 0 Å². The molecule has 2 aliphatic heterocycles. The first kappa shape index (κ1) is 10.7. The van der Waals surface area contributed by atoms with E-state index >= 15 is 0 Å². The number of rotatable bonds is 3. The van der Waals surface area contributed by atoms with Crippen molar-refractivity contribution < 1.29 is 4.79 Å². The summed E-state index contributed by atoms with van der Waals surface area (Å²) < 4.78 is 0. The van der Waals surface area contributed by atoms with Gasteiger partial charge in [0.05, 0.1) is 0 Å². The SMILES string of the molecule is CCCN(C(N)=O)C1CC2CCC(C1)N2. The Balaban J connectivity index is 1.98. The maximum Gasteiger partial charge on any atom is 0.315 e. The molecule has 2 aliphatic rings. The van der Waals surface area contributed by atoms with Gasteiger partial charge >= 0.3 is 6.03 Å². The molecule has 0 aliphatic carbocycles. The van der Waals surface area contributed by atoms with Crippen molar-refractivity contribution in [3.8, 4) is 0 Å². The fraction of sp³-hybridized carbons (Fsp3) is 0.909. The average Bonchev–Trinajstić information content (AvgIpc) is 2.54. The maximum atomic E-state index is 11.4. The number of amides is 2. The molecule has 4 heteroatoms. The van der Waals surface area contributed by atoms with Crippen molar-refractivity contribution in [1.82, 2.24) is 10.2 Å². The van der Waals surface area contributed by atoms with Gasteiger partial charge in [-0.3, -0.25) is 0 Å². The summed E-state index contributed by atoms with van der Waals surface area (Å²) in [6, 6.07) is 1.37. The summed E-state index contributed by atoms with van der Waals surface area (Å²) >= 11 is 0. The van der Waals surface area contributed by atoms with Crippen molar-refractivity contribution in [3.05, 3.63) is 0 Å². The molecule has 0 radical (unpaired) electrons. The van der Waals surface area contributed by atoms with Crippen molar-refractivity contribution in [2.24, 2.45) is 5.73 Å². The summed E-state index contributed by atoms with van der Waals surface area (Å²) in [6.45, 7) is 2.89. The van der Waals surface area contributed by atoms with Crippen LogP contribution in [0.3, 0.4) is 0 Å². The summed E-state index contributed by atoms with van der Waals surface area (Å²) in [5.74, 6) is 0. The number of urea groups is 1. The molecule has 2 bridgehead atoms. The molecule has 2 saturated heterocycles. The van der Waals surface area contributed by atoms with E-state index in [1.54, 1.807) is 0 Å². The van der Waals surface area contributed by atoms with E-state index in [9.17, 15) is 4.79 Å². The molecule has 0 aromatic heterocycles. The molecule has 2 amide bonds. The molecule has 3 N–H and O–H groups in total. The molecule has 2 atom stereocenters. The number of hydrogen-bond donors (Lipinski definition) is 2. The normalized spacial score (nSPS) is 34.1. The predicted molar refractivity (Wildman–Crippen MR) is 59.5 cm³/mol. The molecule has 0 aromatic rings. The summed E-state index contributed by atoms with van der Waals surface area (Å²) in [5, 5.41) is 3.58. The van der Waals surface area contributed by atoms with Crippen LogP contribution in [0.15, 0.2) is 0 Å². The highest BCUT2D eigenvalue weighted by Gasteiger charge is 2.36. The molecular formula is C11H21N3O. The Bertz CT molecular complexity index is 232. The van der Waals surface area contributed by atoms with E-state index in [1.165, 1.54) is 12.8 Å². The van der Waals surface area contributed by atoms with Crippen LogP contribution >= 0.6 is 0 Å². The lowest BCUT2D eigenvalue weighted by Crippen LogP contribution is -2.52. The Kier molecular flexibility index (Phi) is 3.14. The van der Waals surface area contributed by atoms with Crippen molar-refractivity contribution in [2.45, 2.75) is 57.2 Å². The van der Waals surface area contributed by atoms with Gasteiger partial charge in [0, 0.05) is 24.7 Å². The second-order valence-corrected chi connectivity index (χ2v) is 4.79. The van der Waals surface area contributed by atoms with Crippen LogP contribution in [0.2, 0.25) is 0 Å². The summed E-state index contributed by atoms with van der Waals surface area (Å²) in [6.07, 6.45) is 5.68. The summed E-state index contributed by atoms with van der Waals surface area (Å²) in [4.78, 5) is 13.2. The van der Waals surface area contributed by atoms with Gasteiger partial charge < -0.3 is 16.0 Å². The first-order valence-electron chi connectivity index (χ1n) is 6.02. The smallest absolute Gasteiger partial charge is 0.315 e. The lowest BCUT2D eigenvalue weighted by Gasteiger charge is -2.36. The quantitative estimate of drug-likeness (QED) is 0.733. The van der Waals surface area contributed by atoms with Crippen LogP contribution in [0.25, 0.3) is 0 Å². The van der Waals surface area contributed by atoms with Crippen LogP contribution in [0.4, 0.5) is 4.79 Å². The lowest BCUT2D eigenvalue weighted by atomic mass is 9.98. The van der Waals surface area contributed by atoms with Gasteiger partial charge in [-0.15, -0.1) is 0 Å². The molecule has 2 fully saturated rings. The standard InChI is InChI=1S/C11H21N3O/c1-2-5-14(11(12)15)10-6-8-3-4-9(7-10)13-8/h8-10,13H,2-7H2,1H3,(H2,12,15). The van der Waals surface area contributed by atoms with Crippen LogP contribution in [-0.4, -0.2) is 35.6 Å². The second kappa shape index (κ2) is 4.39. The highest BCUT2D eigenvalue weighted by Crippen LogP contribution is 2.29. The monoisotopic (exact) mass is 211 g/mol. The van der Waals surface area contributed by atoms with Gasteiger partial charge in [-0.25, -0.2) is 4.79 Å². The van der Waals surface area contributed by atoms with Gasteiger partial charge in [-0.1, -0.05) is 6.92 Å². The summed E-state index contributed by atoms with van der Waals surface area (Å²) in [5.41, 5.74) is 5.43. The van der Waals surface area contributed by atoms with Gasteiger partial charge in [0.2, 0.25) is 0 Å². The Morgan fingerprint density at radius 3 is 2.47 bits per heavy atom. The molecule has 0 aromatic carbocycles. The van der Waals surface area contributed by atoms with E-state index in [0.717, 1.165) is 25.8 Å². The second-order valence-electron chi connectivity index (χ2n) is 4.79. The fourth-order valence-electron chi connectivity index (χ4n) is 3.00. The Hall–Kier alpha value is -0.770. The number of primary amides is 1. The van der Waals surface area contributed by atoms with Crippen molar-refractivity contribution in [1.29, 1.82) is 0 Å². The summed E-state index contributed by atoms with van der Waals surface area (Å²) in [7, 11) is 0. The van der Waals surface area contributed by atoms with E-state index in [1.807, 2.05) is 4.90 Å². The van der Waals surface area contributed by atoms with E-state index in [0.29, 0.717) is 18.1 Å². The third-order valence-electron chi connectivity index (χ3n) is 3.64. The largest absolute Gasteiger partial charge is 0.351 e. The third kappa shape index (κ3) is 2.25. The van der Waals surface area contributed by atoms with Gasteiger partial charge in [0.25, 0.3) is 0 Å². The van der Waals surface area contributed by atoms with Crippen LogP contribution in [0.1, 0.15) is 39.0 Å². The molecule has 0 spiro atoms. The Morgan fingerprint density at radius 2 is 2.00 bits per heavy atom. The number of hydrogen-bond acceptors (Lipinski definition) is 2. The fourth-order valence-corrected chi connectivity index (χ4v) is 3.00. The molecular weight excluding hydrogens is 190 g/mol. The van der Waals surface area contributed by atoms with Gasteiger partial charge in [-0.2, -0.15) is 0 Å². The zero-order chi connectivity index (χ0) is 10.8. The Morgan fingerprint density at radius 1 is 1.40 bits per heavy atom. The third-order valence-corrected chi connectivity index (χ3v) is 3.64. The van der Waals surface area contributed by atoms with Crippen LogP contribution < -0.4 is 11.1 Å². The van der Waals surface area contributed by atoms with Crippen molar-refractivity contribution in [2.75, 3.05) is 6.54 Å². The van der Waals surface area contributed by atoms with Gasteiger partial charge in [-0.05, 0) is 32.1 Å². The zero-order valence-corrected chi connectivity index (χ0v) is 9.41. The van der Waals surface area contributed by atoms with E-state index in [2.05, 4.69) is 12.2 Å². The minimum absolute atomic E-state index is 0.247. The number of carbonyl (C=O) groups excluding carboxylic acids is 1. The number of fused-ring (bicyclic) bond motifs is 2. The highest BCUT2D eigenvalue weighted by molar-refractivity contribution is 5.72. The Labute approximate surface area is 91.2 Å². The number of piperidine rings is 1. The van der Waals surface area contributed by atoms with Crippen molar-refractivity contribution in [3.63, 3.8) is 0 Å². The zero-order valence-electron chi connectivity index (χ0n) is 9.41. The van der Waals surface area contributed by atoms with Crippen LogP contribution in [0.5, 0.6) is 0 Å². The van der Waals surface area contributed by atoms with Crippen LogP contribution in [-0.2, 0) is 0 Å². The number of nitrogens with two attached hydrogens (primary N) is 1. The number of carbonyl (C=O) groups is 1. The number of nitrogens with zero attached hydrogens (tertiary/aromatic N) is 1. The molecule has 15 heavy (non-hydrogen) atoms. The maximum absolute atomic E-state index is 11.4. The number of nitrogens with one attached hydrogen (secondary N) is 1. The molecule has 2 unspecified atom stereocenters. The van der Waals surface area contributed by atoms with E-state index in [4.69, 9.17) is 5.73 Å². The minimum Gasteiger partial charge on any atom is -0.351 e. The first-order chi connectivity index (χ1) is 7.20. The predicted octanol–water partition coefficient (Wildman–Crippen LogP) is 1.06. The van der Waals surface area contributed by atoms with E-state index in [-0.39, 0.29) is 6.03 Å². The van der Waals surface area contributed by atoms with Crippen molar-refractivity contribution >= 4 is 6.03 Å². The molecule has 4 nitrogen and oxygen atoms in total. The minimum atomic E-state index is -0.247. The highest BCUT2D eigenvalue weighted by atomic mass is 16.2. The topological polar surface area (TPSA) is 58.4 Å². The first-order valence-corrected chi connectivity index (χ1v) is 6.02.